The van der Waals surface area contributed by atoms with Crippen LogP contribution in [0.15, 0.2) is 48.9 Å². The fraction of sp³-hybridized carbons (Fsp3) is 0.429. The number of benzene rings is 1. The summed E-state index contributed by atoms with van der Waals surface area (Å²) >= 11 is 0. The van der Waals surface area contributed by atoms with E-state index in [4.69, 9.17) is 0 Å². The maximum Gasteiger partial charge on any atom is 0.120 e. The number of anilines is 1. The summed E-state index contributed by atoms with van der Waals surface area (Å²) in [6.07, 6.45) is 10.7. The standard InChI is InChI=1S/C21H25N5/c1-3-17-15-18(4-5-19(17)22-9-1)25-13-7-21(8-14-25)6-2-12-26(21)16-20-23-10-11-24-20/h1,3-5,9-11,15H,2,6-8,12-14,16H2,(H,23,24). The van der Waals surface area contributed by atoms with Crippen LogP contribution in [0.4, 0.5) is 5.69 Å². The van der Waals surface area contributed by atoms with Crippen LogP contribution < -0.4 is 4.90 Å². The van der Waals surface area contributed by atoms with Crippen molar-refractivity contribution in [1.29, 1.82) is 0 Å². The Morgan fingerprint density at radius 3 is 2.77 bits per heavy atom. The summed E-state index contributed by atoms with van der Waals surface area (Å²) in [5.74, 6) is 1.09. The molecule has 134 valence electrons. The Morgan fingerprint density at radius 1 is 1.00 bits per heavy atom. The molecule has 1 aromatic carbocycles. The number of piperidine rings is 1. The van der Waals surface area contributed by atoms with E-state index in [1.165, 1.54) is 43.3 Å². The molecule has 0 aliphatic carbocycles. The second-order valence-electron chi connectivity index (χ2n) is 7.65. The van der Waals surface area contributed by atoms with Crippen molar-refractivity contribution in [2.24, 2.45) is 0 Å². The lowest BCUT2D eigenvalue weighted by Gasteiger charge is -2.45. The minimum atomic E-state index is 0.363. The third kappa shape index (κ3) is 2.76. The molecule has 0 bridgehead atoms. The van der Waals surface area contributed by atoms with Gasteiger partial charge in [-0.25, -0.2) is 4.98 Å². The molecule has 0 atom stereocenters. The van der Waals surface area contributed by atoms with Crippen LogP contribution in [-0.2, 0) is 6.54 Å². The van der Waals surface area contributed by atoms with Gasteiger partial charge in [0.1, 0.15) is 5.82 Å². The van der Waals surface area contributed by atoms with Crippen LogP contribution in [0.2, 0.25) is 0 Å². The molecule has 0 amide bonds. The number of hydrogen-bond donors (Lipinski definition) is 1. The molecule has 1 spiro atoms. The van der Waals surface area contributed by atoms with Gasteiger partial charge >= 0.3 is 0 Å². The largest absolute Gasteiger partial charge is 0.371 e. The number of imidazole rings is 1. The number of pyridine rings is 1. The minimum Gasteiger partial charge on any atom is -0.371 e. The first-order chi connectivity index (χ1) is 12.8. The topological polar surface area (TPSA) is 48.1 Å². The van der Waals surface area contributed by atoms with Crippen LogP contribution in [0, 0.1) is 0 Å². The van der Waals surface area contributed by atoms with Crippen LogP contribution in [0.3, 0.4) is 0 Å². The number of aromatic nitrogens is 3. The third-order valence-electron chi connectivity index (χ3n) is 6.28. The van der Waals surface area contributed by atoms with E-state index >= 15 is 0 Å². The average Bonchev–Trinajstić information content (AvgIpc) is 3.33. The van der Waals surface area contributed by atoms with Crippen LogP contribution >= 0.6 is 0 Å². The number of rotatable bonds is 3. The Kier molecular flexibility index (Phi) is 3.89. The van der Waals surface area contributed by atoms with E-state index in [2.05, 4.69) is 49.0 Å². The molecule has 5 rings (SSSR count). The van der Waals surface area contributed by atoms with E-state index in [9.17, 15) is 0 Å². The maximum atomic E-state index is 4.44. The highest BCUT2D eigenvalue weighted by atomic mass is 15.3. The molecule has 2 aliphatic heterocycles. The Labute approximate surface area is 154 Å². The van der Waals surface area contributed by atoms with Crippen molar-refractivity contribution in [1.82, 2.24) is 19.9 Å². The molecule has 4 heterocycles. The molecule has 1 N–H and O–H groups in total. The lowest BCUT2D eigenvalue weighted by atomic mass is 9.84. The monoisotopic (exact) mass is 347 g/mol. The van der Waals surface area contributed by atoms with Gasteiger partial charge in [0.2, 0.25) is 0 Å². The Hall–Kier alpha value is -2.40. The van der Waals surface area contributed by atoms with Crippen molar-refractivity contribution in [3.63, 3.8) is 0 Å². The number of H-pyrrole nitrogens is 1. The van der Waals surface area contributed by atoms with Gasteiger partial charge in [-0.3, -0.25) is 9.88 Å². The van der Waals surface area contributed by atoms with Crippen molar-refractivity contribution < 1.29 is 0 Å². The first kappa shape index (κ1) is 15.8. The van der Waals surface area contributed by atoms with Gasteiger partial charge in [-0.2, -0.15) is 0 Å². The summed E-state index contributed by atoms with van der Waals surface area (Å²) < 4.78 is 0. The zero-order valence-electron chi connectivity index (χ0n) is 15.1. The molecular weight excluding hydrogens is 322 g/mol. The fourth-order valence-electron chi connectivity index (χ4n) is 4.81. The van der Waals surface area contributed by atoms with Gasteiger partial charge in [-0.15, -0.1) is 0 Å². The molecular formula is C21H25N5. The lowest BCUT2D eigenvalue weighted by Crippen LogP contribution is -2.52. The zero-order valence-corrected chi connectivity index (χ0v) is 15.1. The van der Waals surface area contributed by atoms with Crippen molar-refractivity contribution in [3.8, 4) is 0 Å². The quantitative estimate of drug-likeness (QED) is 0.786. The Morgan fingerprint density at radius 2 is 1.92 bits per heavy atom. The van der Waals surface area contributed by atoms with Crippen molar-refractivity contribution in [2.75, 3.05) is 24.5 Å². The lowest BCUT2D eigenvalue weighted by molar-refractivity contribution is 0.0973. The van der Waals surface area contributed by atoms with E-state index < -0.39 is 0 Å². The normalized spacial score (nSPS) is 20.2. The number of aromatic amines is 1. The smallest absolute Gasteiger partial charge is 0.120 e. The van der Waals surface area contributed by atoms with Gasteiger partial charge in [0.25, 0.3) is 0 Å². The Balaban J connectivity index is 1.31. The predicted octanol–water partition coefficient (Wildman–Crippen LogP) is 3.59. The number of nitrogens with one attached hydrogen (secondary N) is 1. The molecule has 5 heteroatoms. The van der Waals surface area contributed by atoms with E-state index in [1.807, 2.05) is 24.7 Å². The predicted molar refractivity (Wildman–Crippen MR) is 104 cm³/mol. The van der Waals surface area contributed by atoms with Gasteiger partial charge in [-0.1, -0.05) is 6.07 Å². The Bertz CT molecular complexity index is 880. The summed E-state index contributed by atoms with van der Waals surface area (Å²) in [7, 11) is 0. The van der Waals surface area contributed by atoms with Crippen LogP contribution in [0.1, 0.15) is 31.5 Å². The van der Waals surface area contributed by atoms with Gasteiger partial charge in [0.15, 0.2) is 0 Å². The summed E-state index contributed by atoms with van der Waals surface area (Å²) in [6.45, 7) is 4.40. The van der Waals surface area contributed by atoms with E-state index in [-0.39, 0.29) is 0 Å². The number of likely N-dealkylation sites (tertiary alicyclic amines) is 1. The number of fused-ring (bicyclic) bond motifs is 1. The second-order valence-corrected chi connectivity index (χ2v) is 7.65. The number of nitrogens with zero attached hydrogens (tertiary/aromatic N) is 4. The molecule has 2 aromatic heterocycles. The molecule has 0 unspecified atom stereocenters. The first-order valence-electron chi connectivity index (χ1n) is 9.66. The highest BCUT2D eigenvalue weighted by Gasteiger charge is 2.43. The molecule has 2 aliphatic rings. The summed E-state index contributed by atoms with van der Waals surface area (Å²) in [5, 5.41) is 1.23. The van der Waals surface area contributed by atoms with Gasteiger partial charge in [0, 0.05) is 48.3 Å². The van der Waals surface area contributed by atoms with Crippen LogP contribution in [-0.4, -0.2) is 45.0 Å². The molecule has 3 aromatic rings. The summed E-state index contributed by atoms with van der Waals surface area (Å²) in [6, 6.07) is 10.8. The first-order valence-corrected chi connectivity index (χ1v) is 9.66. The van der Waals surface area contributed by atoms with Gasteiger partial charge < -0.3 is 9.88 Å². The molecule has 0 saturated carbocycles. The van der Waals surface area contributed by atoms with E-state index in [0.717, 1.165) is 31.0 Å². The van der Waals surface area contributed by atoms with Crippen molar-refractivity contribution in [3.05, 3.63) is 54.7 Å². The molecule has 2 saturated heterocycles. The second kappa shape index (κ2) is 6.40. The van der Waals surface area contributed by atoms with E-state index in [0.29, 0.717) is 5.54 Å². The molecule has 26 heavy (non-hydrogen) atoms. The zero-order chi connectivity index (χ0) is 17.4. The minimum absolute atomic E-state index is 0.363. The van der Waals surface area contributed by atoms with Crippen LogP contribution in [0.5, 0.6) is 0 Å². The van der Waals surface area contributed by atoms with Crippen molar-refractivity contribution >= 4 is 16.6 Å². The summed E-state index contributed by atoms with van der Waals surface area (Å²) in [4.78, 5) is 17.4. The van der Waals surface area contributed by atoms with E-state index in [1.54, 1.807) is 0 Å². The van der Waals surface area contributed by atoms with Crippen LogP contribution in [0.25, 0.3) is 10.9 Å². The highest BCUT2D eigenvalue weighted by Crippen LogP contribution is 2.40. The average molecular weight is 347 g/mol. The SMILES string of the molecule is c1cnc2ccc(N3CCC4(CCCN4Cc4ncc[nH]4)CC3)cc2c1. The summed E-state index contributed by atoms with van der Waals surface area (Å²) in [5.41, 5.74) is 2.77. The van der Waals surface area contributed by atoms with Gasteiger partial charge in [-0.05, 0) is 56.5 Å². The van der Waals surface area contributed by atoms with Crippen molar-refractivity contribution in [2.45, 2.75) is 37.8 Å². The molecule has 0 radical (unpaired) electrons. The maximum absolute atomic E-state index is 4.44. The highest BCUT2D eigenvalue weighted by molar-refractivity contribution is 5.82. The van der Waals surface area contributed by atoms with Gasteiger partial charge in [0.05, 0.1) is 12.1 Å². The number of hydrogen-bond acceptors (Lipinski definition) is 4. The molecule has 2 fully saturated rings. The third-order valence-corrected chi connectivity index (χ3v) is 6.28. The fourth-order valence-corrected chi connectivity index (χ4v) is 4.81. The molecule has 5 nitrogen and oxygen atoms in total.